The summed E-state index contributed by atoms with van der Waals surface area (Å²) in [5, 5.41) is 12.7. The summed E-state index contributed by atoms with van der Waals surface area (Å²) >= 11 is 0. The van der Waals surface area contributed by atoms with Gasteiger partial charge in [0.05, 0.1) is 11.7 Å². The molecule has 1 aliphatic rings. The van der Waals surface area contributed by atoms with Gasteiger partial charge in [0.25, 0.3) is 0 Å². The van der Waals surface area contributed by atoms with Crippen molar-refractivity contribution < 1.29 is 18.3 Å². The molecule has 0 spiro atoms. The molecular weight excluding hydrogens is 243 g/mol. The number of hydrogen-bond acceptors (Lipinski definition) is 2. The van der Waals surface area contributed by atoms with E-state index in [1.807, 2.05) is 0 Å². The summed E-state index contributed by atoms with van der Waals surface area (Å²) in [6.07, 6.45) is -2.08. The Morgan fingerprint density at radius 2 is 2.06 bits per heavy atom. The van der Waals surface area contributed by atoms with E-state index < -0.39 is 11.7 Å². The Morgan fingerprint density at radius 1 is 1.28 bits per heavy atom. The van der Waals surface area contributed by atoms with Gasteiger partial charge in [-0.2, -0.15) is 13.2 Å². The van der Waals surface area contributed by atoms with Gasteiger partial charge in [-0.05, 0) is 30.9 Å². The summed E-state index contributed by atoms with van der Waals surface area (Å²) in [7, 11) is 0. The zero-order valence-electron chi connectivity index (χ0n) is 9.87. The van der Waals surface area contributed by atoms with Crippen LogP contribution in [0.25, 0.3) is 0 Å². The van der Waals surface area contributed by atoms with E-state index in [2.05, 4.69) is 5.32 Å². The van der Waals surface area contributed by atoms with Crippen LogP contribution in [-0.2, 0) is 12.7 Å². The molecule has 18 heavy (non-hydrogen) atoms. The number of nitrogens with one attached hydrogen (secondary N) is 1. The summed E-state index contributed by atoms with van der Waals surface area (Å²) in [5.74, 6) is 0. The summed E-state index contributed by atoms with van der Waals surface area (Å²) in [5.41, 5.74) is -0.0438. The molecule has 1 aromatic carbocycles. The molecule has 0 saturated heterocycles. The molecule has 5 heteroatoms. The fourth-order valence-corrected chi connectivity index (χ4v) is 2.29. The topological polar surface area (TPSA) is 32.3 Å². The van der Waals surface area contributed by atoms with E-state index in [9.17, 15) is 18.3 Å². The first kappa shape index (κ1) is 13.4. The van der Waals surface area contributed by atoms with Crippen LogP contribution in [0.5, 0.6) is 0 Å². The molecule has 2 N–H and O–H groups in total. The van der Waals surface area contributed by atoms with Gasteiger partial charge in [-0.1, -0.05) is 18.2 Å². The first-order chi connectivity index (χ1) is 8.47. The van der Waals surface area contributed by atoms with Crippen molar-refractivity contribution in [1.29, 1.82) is 0 Å². The van der Waals surface area contributed by atoms with E-state index in [1.54, 1.807) is 6.07 Å². The summed E-state index contributed by atoms with van der Waals surface area (Å²) in [6, 6.07) is 5.27. The van der Waals surface area contributed by atoms with Crippen LogP contribution >= 0.6 is 0 Å². The zero-order chi connectivity index (χ0) is 13.2. The van der Waals surface area contributed by atoms with Gasteiger partial charge >= 0.3 is 6.18 Å². The Bertz CT molecular complexity index is 405. The normalized spacial score (nSPS) is 24.4. The number of aliphatic hydroxyl groups excluding tert-OH is 1. The average Bonchev–Trinajstić information content (AvgIpc) is 2.72. The molecule has 0 bridgehead atoms. The lowest BCUT2D eigenvalue weighted by molar-refractivity contribution is -0.137. The standard InChI is InChI=1S/C13H16F3NO/c14-13(15,16)10-4-1-3-9(7-10)8-17-11-5-2-6-12(11)18/h1,3-4,7,11-12,17-18H,2,5-6,8H2/t11-,12-/m1/s1. The van der Waals surface area contributed by atoms with E-state index in [0.29, 0.717) is 12.1 Å². The number of aliphatic hydroxyl groups is 1. The Labute approximate surface area is 104 Å². The van der Waals surface area contributed by atoms with Crippen LogP contribution < -0.4 is 5.32 Å². The van der Waals surface area contributed by atoms with Crippen LogP contribution in [0.2, 0.25) is 0 Å². The minimum absolute atomic E-state index is 0.000423. The van der Waals surface area contributed by atoms with Crippen molar-refractivity contribution in [1.82, 2.24) is 5.32 Å². The van der Waals surface area contributed by atoms with Gasteiger partial charge in [-0.25, -0.2) is 0 Å². The molecule has 100 valence electrons. The molecule has 0 aromatic heterocycles. The lowest BCUT2D eigenvalue weighted by Gasteiger charge is -2.17. The quantitative estimate of drug-likeness (QED) is 0.874. The van der Waals surface area contributed by atoms with Gasteiger partial charge in [0.1, 0.15) is 0 Å². The van der Waals surface area contributed by atoms with Crippen molar-refractivity contribution >= 4 is 0 Å². The highest BCUT2D eigenvalue weighted by Crippen LogP contribution is 2.29. The monoisotopic (exact) mass is 259 g/mol. The van der Waals surface area contributed by atoms with Crippen molar-refractivity contribution in [3.63, 3.8) is 0 Å². The molecule has 0 unspecified atom stereocenters. The molecule has 1 fully saturated rings. The molecule has 2 atom stereocenters. The fourth-order valence-electron chi connectivity index (χ4n) is 2.29. The largest absolute Gasteiger partial charge is 0.416 e. The van der Waals surface area contributed by atoms with Gasteiger partial charge in [0, 0.05) is 12.6 Å². The van der Waals surface area contributed by atoms with Crippen molar-refractivity contribution in [2.24, 2.45) is 0 Å². The third-order valence-electron chi connectivity index (χ3n) is 3.30. The molecular formula is C13H16F3NO. The second kappa shape index (κ2) is 5.28. The molecule has 2 nitrogen and oxygen atoms in total. The highest BCUT2D eigenvalue weighted by molar-refractivity contribution is 5.25. The number of rotatable bonds is 3. The van der Waals surface area contributed by atoms with Crippen molar-refractivity contribution in [2.45, 2.75) is 44.1 Å². The Morgan fingerprint density at radius 3 is 2.67 bits per heavy atom. The fraction of sp³-hybridized carbons (Fsp3) is 0.538. The second-order valence-electron chi connectivity index (χ2n) is 4.68. The lowest BCUT2D eigenvalue weighted by Crippen LogP contribution is -2.35. The van der Waals surface area contributed by atoms with Crippen LogP contribution in [0.15, 0.2) is 24.3 Å². The molecule has 1 aromatic rings. The SMILES string of the molecule is O[C@@H]1CCC[C@H]1NCc1cccc(C(F)(F)F)c1. The lowest BCUT2D eigenvalue weighted by atomic mass is 10.1. The van der Waals surface area contributed by atoms with Gasteiger partial charge in [0.15, 0.2) is 0 Å². The van der Waals surface area contributed by atoms with Gasteiger partial charge in [0.2, 0.25) is 0 Å². The molecule has 0 aliphatic heterocycles. The maximum Gasteiger partial charge on any atom is 0.416 e. The Kier molecular flexibility index (Phi) is 3.92. The summed E-state index contributed by atoms with van der Waals surface area (Å²) in [6.45, 7) is 0.353. The molecule has 2 rings (SSSR count). The molecule has 1 saturated carbocycles. The van der Waals surface area contributed by atoms with Crippen molar-refractivity contribution in [2.75, 3.05) is 0 Å². The van der Waals surface area contributed by atoms with E-state index >= 15 is 0 Å². The first-order valence-corrected chi connectivity index (χ1v) is 6.04. The third kappa shape index (κ3) is 3.23. The number of alkyl halides is 3. The van der Waals surface area contributed by atoms with E-state index in [-0.39, 0.29) is 12.1 Å². The van der Waals surface area contributed by atoms with Crippen LogP contribution in [0.4, 0.5) is 13.2 Å². The minimum atomic E-state index is -4.30. The van der Waals surface area contributed by atoms with Crippen molar-refractivity contribution in [3.8, 4) is 0 Å². The van der Waals surface area contributed by atoms with E-state index in [1.165, 1.54) is 6.07 Å². The summed E-state index contributed by atoms with van der Waals surface area (Å²) < 4.78 is 37.5. The predicted molar refractivity (Wildman–Crippen MR) is 61.9 cm³/mol. The first-order valence-electron chi connectivity index (χ1n) is 6.04. The predicted octanol–water partition coefficient (Wildman–Crippen LogP) is 2.71. The van der Waals surface area contributed by atoms with E-state index in [0.717, 1.165) is 31.4 Å². The van der Waals surface area contributed by atoms with Crippen LogP contribution in [0.1, 0.15) is 30.4 Å². The number of halogens is 3. The van der Waals surface area contributed by atoms with Crippen molar-refractivity contribution in [3.05, 3.63) is 35.4 Å². The Balaban J connectivity index is 1.97. The molecule has 0 radical (unpaired) electrons. The van der Waals surface area contributed by atoms with Crippen LogP contribution in [0.3, 0.4) is 0 Å². The average molecular weight is 259 g/mol. The highest BCUT2D eigenvalue weighted by Gasteiger charge is 2.30. The van der Waals surface area contributed by atoms with Gasteiger partial charge in [-0.15, -0.1) is 0 Å². The number of benzene rings is 1. The maximum atomic E-state index is 12.5. The van der Waals surface area contributed by atoms with Crippen LogP contribution in [0, 0.1) is 0 Å². The van der Waals surface area contributed by atoms with Gasteiger partial charge < -0.3 is 10.4 Å². The molecule has 1 aliphatic carbocycles. The number of hydrogen-bond donors (Lipinski definition) is 2. The maximum absolute atomic E-state index is 12.5. The highest BCUT2D eigenvalue weighted by atomic mass is 19.4. The van der Waals surface area contributed by atoms with Crippen LogP contribution in [-0.4, -0.2) is 17.3 Å². The second-order valence-corrected chi connectivity index (χ2v) is 4.68. The molecule has 0 amide bonds. The summed E-state index contributed by atoms with van der Waals surface area (Å²) in [4.78, 5) is 0. The van der Waals surface area contributed by atoms with Gasteiger partial charge in [-0.3, -0.25) is 0 Å². The minimum Gasteiger partial charge on any atom is -0.392 e. The molecule has 0 heterocycles. The Hall–Kier alpha value is -1.07. The van der Waals surface area contributed by atoms with E-state index in [4.69, 9.17) is 0 Å². The third-order valence-corrected chi connectivity index (χ3v) is 3.30. The smallest absolute Gasteiger partial charge is 0.392 e. The zero-order valence-corrected chi connectivity index (χ0v) is 9.87.